The van der Waals surface area contributed by atoms with Crippen LogP contribution in [-0.2, 0) is 20.7 Å². The number of fused-ring (bicyclic) bond motifs is 2. The Morgan fingerprint density at radius 3 is 2.25 bits per heavy atom. The van der Waals surface area contributed by atoms with E-state index in [2.05, 4.69) is 4.90 Å². The van der Waals surface area contributed by atoms with Gasteiger partial charge in [0.2, 0.25) is 0 Å². The van der Waals surface area contributed by atoms with Crippen LogP contribution < -0.4 is 18.9 Å². The van der Waals surface area contributed by atoms with Gasteiger partial charge in [0.15, 0.2) is 23.0 Å². The van der Waals surface area contributed by atoms with Crippen molar-refractivity contribution in [3.63, 3.8) is 0 Å². The van der Waals surface area contributed by atoms with Crippen molar-refractivity contribution >= 4 is 11.9 Å². The molecule has 1 heterocycles. The molecular formula is C24H27NO7. The molecule has 0 fully saturated rings. The van der Waals surface area contributed by atoms with Gasteiger partial charge in [-0.3, -0.25) is 14.5 Å². The topological polar surface area (TPSA) is 83.5 Å². The summed E-state index contributed by atoms with van der Waals surface area (Å²) >= 11 is 0. The van der Waals surface area contributed by atoms with E-state index in [1.807, 2.05) is 25.2 Å². The molecule has 0 N–H and O–H groups in total. The van der Waals surface area contributed by atoms with E-state index < -0.39 is 12.1 Å². The molecule has 2 atom stereocenters. The molecule has 8 nitrogen and oxygen atoms in total. The Labute approximate surface area is 187 Å². The van der Waals surface area contributed by atoms with Crippen LogP contribution in [-0.4, -0.2) is 51.8 Å². The van der Waals surface area contributed by atoms with Crippen molar-refractivity contribution in [2.24, 2.45) is 0 Å². The third kappa shape index (κ3) is 3.44. The molecular weight excluding hydrogens is 414 g/mol. The fraction of sp³-hybridized carbons (Fsp3) is 0.417. The monoisotopic (exact) mass is 441 g/mol. The first-order valence-electron chi connectivity index (χ1n) is 10.4. The van der Waals surface area contributed by atoms with Crippen molar-refractivity contribution in [2.45, 2.75) is 32.4 Å². The van der Waals surface area contributed by atoms with Gasteiger partial charge in [-0.25, -0.2) is 0 Å². The molecule has 0 saturated heterocycles. The number of nitrogens with zero attached hydrogens (tertiary/aromatic N) is 1. The lowest BCUT2D eigenvalue weighted by molar-refractivity contribution is -0.148. The molecule has 170 valence electrons. The van der Waals surface area contributed by atoms with Crippen LogP contribution in [0, 0.1) is 0 Å². The number of likely N-dealkylation sites (N-methyl/N-ethyl adjacent to an activating group) is 1. The fourth-order valence-corrected chi connectivity index (χ4v) is 4.83. The Bertz CT molecular complexity index is 1090. The number of ether oxygens (including phenoxy) is 5. The van der Waals surface area contributed by atoms with Gasteiger partial charge in [-0.1, -0.05) is 6.07 Å². The SMILES string of the molecule is COc1ccc2c(c1OC)-c1c(OC(C)=O)c(OC)cc3c1C(C2)N(C)CC3OC(C)=O. The summed E-state index contributed by atoms with van der Waals surface area (Å²) in [6.45, 7) is 3.28. The summed E-state index contributed by atoms with van der Waals surface area (Å²) in [5.41, 5.74) is 4.28. The summed E-state index contributed by atoms with van der Waals surface area (Å²) < 4.78 is 28.3. The van der Waals surface area contributed by atoms with E-state index in [0.717, 1.165) is 22.3 Å². The van der Waals surface area contributed by atoms with Crippen molar-refractivity contribution in [1.29, 1.82) is 0 Å². The van der Waals surface area contributed by atoms with E-state index in [1.54, 1.807) is 14.2 Å². The molecule has 0 saturated carbocycles. The maximum atomic E-state index is 12.1. The number of esters is 2. The predicted octanol–water partition coefficient (Wildman–Crippen LogP) is 3.45. The highest BCUT2D eigenvalue weighted by molar-refractivity contribution is 5.90. The van der Waals surface area contributed by atoms with Crippen LogP contribution in [0.2, 0.25) is 0 Å². The van der Waals surface area contributed by atoms with Crippen LogP contribution in [0.5, 0.6) is 23.0 Å². The molecule has 2 aliphatic rings. The van der Waals surface area contributed by atoms with Gasteiger partial charge < -0.3 is 23.7 Å². The van der Waals surface area contributed by atoms with Crippen molar-refractivity contribution in [3.8, 4) is 34.1 Å². The first kappa shape index (κ1) is 22.0. The van der Waals surface area contributed by atoms with Crippen molar-refractivity contribution in [2.75, 3.05) is 34.9 Å². The van der Waals surface area contributed by atoms with E-state index >= 15 is 0 Å². The van der Waals surface area contributed by atoms with Crippen LogP contribution in [0.25, 0.3) is 11.1 Å². The molecule has 1 aliphatic heterocycles. The highest BCUT2D eigenvalue weighted by atomic mass is 16.6. The molecule has 2 aromatic rings. The second-order valence-electron chi connectivity index (χ2n) is 7.97. The summed E-state index contributed by atoms with van der Waals surface area (Å²) in [5.74, 6) is 0.973. The molecule has 0 amide bonds. The lowest BCUT2D eigenvalue weighted by atomic mass is 9.75. The second kappa shape index (κ2) is 8.35. The van der Waals surface area contributed by atoms with E-state index in [-0.39, 0.29) is 12.0 Å². The van der Waals surface area contributed by atoms with Crippen LogP contribution in [0.3, 0.4) is 0 Å². The number of carbonyl (C=O) groups excluding carboxylic acids is 2. The minimum absolute atomic E-state index is 0.00220. The predicted molar refractivity (Wildman–Crippen MR) is 116 cm³/mol. The fourth-order valence-electron chi connectivity index (χ4n) is 4.83. The van der Waals surface area contributed by atoms with E-state index in [4.69, 9.17) is 23.7 Å². The summed E-state index contributed by atoms with van der Waals surface area (Å²) in [5, 5.41) is 0. The summed E-state index contributed by atoms with van der Waals surface area (Å²) in [7, 11) is 6.67. The Balaban J connectivity index is 2.12. The molecule has 1 aliphatic carbocycles. The first-order valence-corrected chi connectivity index (χ1v) is 10.4. The molecule has 2 aromatic carbocycles. The second-order valence-corrected chi connectivity index (χ2v) is 7.97. The largest absolute Gasteiger partial charge is 0.493 e. The van der Waals surface area contributed by atoms with Crippen LogP contribution in [0.1, 0.15) is 42.7 Å². The summed E-state index contributed by atoms with van der Waals surface area (Å²) in [4.78, 5) is 26.1. The Morgan fingerprint density at radius 1 is 0.938 bits per heavy atom. The Kier molecular flexibility index (Phi) is 5.73. The molecule has 2 unspecified atom stereocenters. The third-order valence-electron chi connectivity index (χ3n) is 6.05. The van der Waals surface area contributed by atoms with Gasteiger partial charge >= 0.3 is 11.9 Å². The number of rotatable bonds is 5. The number of hydrogen-bond donors (Lipinski definition) is 0. The quantitative estimate of drug-likeness (QED) is 0.515. The van der Waals surface area contributed by atoms with E-state index in [1.165, 1.54) is 21.0 Å². The van der Waals surface area contributed by atoms with Crippen molar-refractivity contribution in [3.05, 3.63) is 34.9 Å². The first-order chi connectivity index (χ1) is 15.3. The average molecular weight is 441 g/mol. The van der Waals surface area contributed by atoms with Crippen LogP contribution in [0.15, 0.2) is 18.2 Å². The molecule has 32 heavy (non-hydrogen) atoms. The van der Waals surface area contributed by atoms with Gasteiger partial charge in [0.05, 0.1) is 21.3 Å². The minimum Gasteiger partial charge on any atom is -0.493 e. The maximum Gasteiger partial charge on any atom is 0.308 e. The third-order valence-corrected chi connectivity index (χ3v) is 6.05. The molecule has 4 rings (SSSR count). The van der Waals surface area contributed by atoms with Gasteiger partial charge in [0.25, 0.3) is 0 Å². The lowest BCUT2D eigenvalue weighted by Gasteiger charge is -2.43. The maximum absolute atomic E-state index is 12.1. The summed E-state index contributed by atoms with van der Waals surface area (Å²) in [6.07, 6.45) is 0.228. The van der Waals surface area contributed by atoms with Crippen molar-refractivity contribution < 1.29 is 33.3 Å². The van der Waals surface area contributed by atoms with Crippen LogP contribution >= 0.6 is 0 Å². The molecule has 0 spiro atoms. The number of methoxy groups -OCH3 is 3. The normalized spacial score (nSPS) is 18.8. The molecule has 0 aromatic heterocycles. The van der Waals surface area contributed by atoms with Gasteiger partial charge in [0, 0.05) is 43.1 Å². The van der Waals surface area contributed by atoms with Gasteiger partial charge in [-0.05, 0) is 36.7 Å². The Hall–Kier alpha value is -3.26. The molecule has 0 bridgehead atoms. The van der Waals surface area contributed by atoms with Gasteiger partial charge in [-0.15, -0.1) is 0 Å². The number of hydrogen-bond acceptors (Lipinski definition) is 8. The molecule has 0 radical (unpaired) electrons. The smallest absolute Gasteiger partial charge is 0.308 e. The number of benzene rings is 2. The zero-order valence-corrected chi connectivity index (χ0v) is 19.1. The number of carbonyl (C=O) groups is 2. The highest BCUT2D eigenvalue weighted by Crippen LogP contribution is 2.57. The molecule has 8 heteroatoms. The Morgan fingerprint density at radius 2 is 1.66 bits per heavy atom. The van der Waals surface area contributed by atoms with E-state index in [0.29, 0.717) is 41.5 Å². The van der Waals surface area contributed by atoms with Crippen LogP contribution in [0.4, 0.5) is 0 Å². The van der Waals surface area contributed by atoms with Gasteiger partial charge in [-0.2, -0.15) is 0 Å². The standard InChI is InChI=1S/C24H27NO7/c1-12(26)31-19-11-25(3)16-9-14-7-8-17(28-4)23(30-6)20(14)22-21(16)15(19)10-18(29-5)24(22)32-13(2)27/h7-8,10,16,19H,9,11H2,1-6H3. The zero-order chi connectivity index (χ0) is 23.2. The highest BCUT2D eigenvalue weighted by Gasteiger charge is 2.42. The lowest BCUT2D eigenvalue weighted by Crippen LogP contribution is -2.39. The van der Waals surface area contributed by atoms with Crippen molar-refractivity contribution in [1.82, 2.24) is 4.90 Å². The van der Waals surface area contributed by atoms with E-state index in [9.17, 15) is 9.59 Å². The average Bonchev–Trinajstić information content (AvgIpc) is 2.75. The van der Waals surface area contributed by atoms with Gasteiger partial charge in [0.1, 0.15) is 6.10 Å². The zero-order valence-electron chi connectivity index (χ0n) is 19.1. The minimum atomic E-state index is -0.485. The summed E-state index contributed by atoms with van der Waals surface area (Å²) in [6, 6.07) is 5.68.